The number of aliphatic hydroxyl groups is 1. The van der Waals surface area contributed by atoms with Crippen LogP contribution in [-0.4, -0.2) is 66.3 Å². The number of nitrogens with one attached hydrogen (secondary N) is 1. The second-order valence-electron chi connectivity index (χ2n) is 12.7. The molecule has 0 amide bonds. The number of piperidine rings is 1. The summed E-state index contributed by atoms with van der Waals surface area (Å²) in [5.74, 6) is 0.0689. The highest BCUT2D eigenvalue weighted by molar-refractivity contribution is 5.82. The standard InChI is InChI=1S/C36H49N3O5/c40-24-34(44-30-13-5-2-6-14-30)35-32(22-38-36(39-35)42-20-19-41-29-11-3-1-4-12-29)31-17-18-37-23-33(31)43-25-26-15-16-27-9-7-8-10-28(27)21-26/h7-10,15-16,21-22,29-31,33-34,37,40H,1-6,11-14,17-20,23-25H2. The van der Waals surface area contributed by atoms with Gasteiger partial charge < -0.3 is 29.4 Å². The molecule has 0 bridgehead atoms. The molecule has 1 aliphatic heterocycles. The maximum atomic E-state index is 10.6. The van der Waals surface area contributed by atoms with Crippen LogP contribution in [0, 0.1) is 0 Å². The molecular weight excluding hydrogens is 554 g/mol. The van der Waals surface area contributed by atoms with Gasteiger partial charge in [0.15, 0.2) is 0 Å². The Labute approximate surface area is 261 Å². The number of benzene rings is 2. The average Bonchev–Trinajstić information content (AvgIpc) is 3.09. The molecule has 44 heavy (non-hydrogen) atoms. The lowest BCUT2D eigenvalue weighted by Crippen LogP contribution is -2.41. The van der Waals surface area contributed by atoms with Crippen LogP contribution in [0.2, 0.25) is 0 Å². The van der Waals surface area contributed by atoms with Gasteiger partial charge in [0.2, 0.25) is 0 Å². The Kier molecular flexibility index (Phi) is 11.5. The summed E-state index contributed by atoms with van der Waals surface area (Å²) in [6.45, 7) is 2.91. The first kappa shape index (κ1) is 31.4. The van der Waals surface area contributed by atoms with Gasteiger partial charge in [-0.05, 0) is 61.1 Å². The Morgan fingerprint density at radius 3 is 2.41 bits per heavy atom. The molecule has 2 aliphatic carbocycles. The summed E-state index contributed by atoms with van der Waals surface area (Å²) < 4.78 is 25.2. The molecule has 3 aliphatic rings. The van der Waals surface area contributed by atoms with Gasteiger partial charge in [0.25, 0.3) is 0 Å². The number of rotatable bonds is 13. The van der Waals surface area contributed by atoms with Crippen LogP contribution < -0.4 is 10.1 Å². The van der Waals surface area contributed by atoms with Crippen LogP contribution in [0.1, 0.15) is 99.5 Å². The lowest BCUT2D eigenvalue weighted by molar-refractivity contribution is -0.0586. The van der Waals surface area contributed by atoms with Gasteiger partial charge in [-0.15, -0.1) is 0 Å². The van der Waals surface area contributed by atoms with Gasteiger partial charge in [0, 0.05) is 24.2 Å². The zero-order chi connectivity index (χ0) is 30.0. The summed E-state index contributed by atoms with van der Waals surface area (Å²) >= 11 is 0. The van der Waals surface area contributed by atoms with Crippen molar-refractivity contribution < 1.29 is 24.1 Å². The van der Waals surface area contributed by atoms with E-state index in [1.807, 2.05) is 6.20 Å². The molecule has 3 atom stereocenters. The van der Waals surface area contributed by atoms with Crippen molar-refractivity contribution in [3.63, 3.8) is 0 Å². The first-order valence-corrected chi connectivity index (χ1v) is 16.9. The van der Waals surface area contributed by atoms with E-state index < -0.39 is 6.10 Å². The smallest absolute Gasteiger partial charge is 0.316 e. The molecule has 2 N–H and O–H groups in total. The van der Waals surface area contributed by atoms with Crippen molar-refractivity contribution in [2.24, 2.45) is 0 Å². The Bertz CT molecular complexity index is 1310. The van der Waals surface area contributed by atoms with Gasteiger partial charge in [-0.25, -0.2) is 4.98 Å². The van der Waals surface area contributed by atoms with Crippen LogP contribution in [0.15, 0.2) is 48.7 Å². The number of aliphatic hydroxyl groups excluding tert-OH is 1. The van der Waals surface area contributed by atoms with E-state index in [0.717, 1.165) is 74.9 Å². The fraction of sp³-hybridized carbons (Fsp3) is 0.611. The van der Waals surface area contributed by atoms with Gasteiger partial charge in [-0.3, -0.25) is 0 Å². The average molecular weight is 604 g/mol. The monoisotopic (exact) mass is 603 g/mol. The normalized spacial score (nSPS) is 22.7. The van der Waals surface area contributed by atoms with Crippen molar-refractivity contribution in [1.29, 1.82) is 0 Å². The second kappa shape index (κ2) is 16.1. The molecule has 8 nitrogen and oxygen atoms in total. The third kappa shape index (κ3) is 8.34. The molecule has 1 saturated heterocycles. The van der Waals surface area contributed by atoms with Crippen LogP contribution in [0.3, 0.4) is 0 Å². The Hall–Kier alpha value is -2.62. The summed E-state index contributed by atoms with van der Waals surface area (Å²) in [7, 11) is 0. The Morgan fingerprint density at radius 1 is 0.841 bits per heavy atom. The Morgan fingerprint density at radius 2 is 1.61 bits per heavy atom. The summed E-state index contributed by atoms with van der Waals surface area (Å²) in [5.41, 5.74) is 2.86. The minimum absolute atomic E-state index is 0.0674. The van der Waals surface area contributed by atoms with E-state index in [1.54, 1.807) is 0 Å². The van der Waals surface area contributed by atoms with Crippen molar-refractivity contribution in [2.45, 2.75) is 108 Å². The van der Waals surface area contributed by atoms with Crippen LogP contribution >= 0.6 is 0 Å². The van der Waals surface area contributed by atoms with Crippen molar-refractivity contribution in [2.75, 3.05) is 32.9 Å². The van der Waals surface area contributed by atoms with Crippen LogP contribution in [0.5, 0.6) is 6.01 Å². The molecule has 2 aromatic carbocycles. The van der Waals surface area contributed by atoms with Crippen LogP contribution in [0.4, 0.5) is 0 Å². The quantitative estimate of drug-likeness (QED) is 0.217. The molecule has 2 saturated carbocycles. The summed E-state index contributed by atoms with van der Waals surface area (Å²) in [4.78, 5) is 9.55. The zero-order valence-electron chi connectivity index (χ0n) is 26.0. The second-order valence-corrected chi connectivity index (χ2v) is 12.7. The van der Waals surface area contributed by atoms with Gasteiger partial charge >= 0.3 is 6.01 Å². The van der Waals surface area contributed by atoms with Gasteiger partial charge in [-0.2, -0.15) is 4.98 Å². The molecule has 0 radical (unpaired) electrons. The van der Waals surface area contributed by atoms with Crippen molar-refractivity contribution in [3.8, 4) is 6.01 Å². The fourth-order valence-electron chi connectivity index (χ4n) is 7.10. The minimum Gasteiger partial charge on any atom is -0.461 e. The van der Waals surface area contributed by atoms with Crippen molar-refractivity contribution in [3.05, 3.63) is 65.5 Å². The highest BCUT2D eigenvalue weighted by atomic mass is 16.5. The summed E-state index contributed by atoms with van der Waals surface area (Å²) in [6, 6.07) is 15.2. The van der Waals surface area contributed by atoms with Gasteiger partial charge in [-0.1, -0.05) is 74.9 Å². The Balaban J connectivity index is 1.18. The van der Waals surface area contributed by atoms with Gasteiger partial charge in [0.1, 0.15) is 12.7 Å². The van der Waals surface area contributed by atoms with E-state index in [4.69, 9.17) is 23.9 Å². The molecule has 3 fully saturated rings. The third-order valence-corrected chi connectivity index (χ3v) is 9.53. The number of hydrogen-bond donors (Lipinski definition) is 2. The molecule has 0 spiro atoms. The van der Waals surface area contributed by atoms with Crippen LogP contribution in [-0.2, 0) is 20.8 Å². The number of ether oxygens (including phenoxy) is 4. The minimum atomic E-state index is -0.534. The van der Waals surface area contributed by atoms with Gasteiger partial charge in [0.05, 0.1) is 43.8 Å². The summed E-state index contributed by atoms with van der Waals surface area (Å²) in [5, 5.41) is 16.6. The van der Waals surface area contributed by atoms with Crippen LogP contribution in [0.25, 0.3) is 10.8 Å². The molecule has 6 rings (SSSR count). The number of aromatic nitrogens is 2. The highest BCUT2D eigenvalue weighted by Crippen LogP contribution is 2.36. The first-order valence-electron chi connectivity index (χ1n) is 16.9. The predicted molar refractivity (Wildman–Crippen MR) is 171 cm³/mol. The predicted octanol–water partition coefficient (Wildman–Crippen LogP) is 6.40. The zero-order valence-corrected chi connectivity index (χ0v) is 26.0. The SMILES string of the molecule is OCC(OC1CCCCC1)c1nc(OCCOC2CCCCC2)ncc1C1CCNCC1OCc1ccc2ccccc2c1. The first-order chi connectivity index (χ1) is 21.8. The van der Waals surface area contributed by atoms with E-state index in [9.17, 15) is 5.11 Å². The fourth-order valence-corrected chi connectivity index (χ4v) is 7.10. The molecular formula is C36H49N3O5. The largest absolute Gasteiger partial charge is 0.461 e. The maximum Gasteiger partial charge on any atom is 0.316 e. The summed E-state index contributed by atoms with van der Waals surface area (Å²) in [6.07, 6.45) is 14.3. The topological polar surface area (TPSA) is 95.0 Å². The van der Waals surface area contributed by atoms with E-state index in [2.05, 4.69) is 52.8 Å². The molecule has 8 heteroatoms. The van der Waals surface area contributed by atoms with E-state index in [1.165, 1.54) is 36.5 Å². The number of fused-ring (bicyclic) bond motifs is 1. The third-order valence-electron chi connectivity index (χ3n) is 9.53. The highest BCUT2D eigenvalue weighted by Gasteiger charge is 2.33. The van der Waals surface area contributed by atoms with Crippen molar-refractivity contribution in [1.82, 2.24) is 15.3 Å². The van der Waals surface area contributed by atoms with E-state index in [-0.39, 0.29) is 24.7 Å². The molecule has 3 unspecified atom stereocenters. The van der Waals surface area contributed by atoms with E-state index in [0.29, 0.717) is 31.9 Å². The van der Waals surface area contributed by atoms with Crippen molar-refractivity contribution >= 4 is 10.8 Å². The molecule has 2 heterocycles. The number of nitrogens with zero attached hydrogens (tertiary/aromatic N) is 2. The lowest BCUT2D eigenvalue weighted by Gasteiger charge is -2.34. The van der Waals surface area contributed by atoms with E-state index >= 15 is 0 Å². The molecule has 238 valence electrons. The maximum absolute atomic E-state index is 10.6. The number of hydrogen-bond acceptors (Lipinski definition) is 8. The molecule has 3 aromatic rings. The molecule has 1 aromatic heterocycles. The lowest BCUT2D eigenvalue weighted by atomic mass is 9.86.